The molecule has 0 fully saturated rings. The van der Waals surface area contributed by atoms with Crippen molar-refractivity contribution in [2.75, 3.05) is 19.6 Å². The first kappa shape index (κ1) is 21.2. The summed E-state index contributed by atoms with van der Waals surface area (Å²) in [6.45, 7) is 7.38. The van der Waals surface area contributed by atoms with Crippen molar-refractivity contribution >= 4 is 29.9 Å². The lowest BCUT2D eigenvalue weighted by Gasteiger charge is -2.14. The lowest BCUT2D eigenvalue weighted by atomic mass is 10.1. The number of furan rings is 1. The molecule has 0 saturated heterocycles. The molecule has 6 nitrogen and oxygen atoms in total. The molecule has 3 N–H and O–H groups in total. The monoisotopic (exact) mass is 456 g/mol. The Bertz CT molecular complexity index is 644. The second-order valence-electron chi connectivity index (χ2n) is 5.55. The third-order valence-corrected chi connectivity index (χ3v) is 3.31. The molecule has 2 rings (SSSR count). The van der Waals surface area contributed by atoms with Crippen molar-refractivity contribution < 1.29 is 9.52 Å². The predicted octanol–water partition coefficient (Wildman–Crippen LogP) is 2.68. The van der Waals surface area contributed by atoms with Crippen molar-refractivity contribution in [2.24, 2.45) is 4.99 Å². The van der Waals surface area contributed by atoms with Crippen molar-refractivity contribution in [1.29, 1.82) is 0 Å². The molecule has 1 unspecified atom stereocenters. The Balaban J connectivity index is 0.00000312. The van der Waals surface area contributed by atoms with Gasteiger partial charge in [-0.1, -0.05) is 12.2 Å². The Hall–Kier alpha value is -1.87. The second kappa shape index (κ2) is 11.6. The molecule has 0 aliphatic heterocycles. The smallest absolute Gasteiger partial charge is 0.191 e. The molecule has 0 aliphatic carbocycles. The number of aliphatic hydroxyl groups is 1. The van der Waals surface area contributed by atoms with Crippen molar-refractivity contribution in [2.45, 2.75) is 19.4 Å². The van der Waals surface area contributed by atoms with Gasteiger partial charge in [-0.2, -0.15) is 0 Å². The molecule has 2 aromatic heterocycles. The lowest BCUT2D eigenvalue weighted by molar-refractivity contribution is 0.187. The van der Waals surface area contributed by atoms with Crippen LogP contribution in [0.1, 0.15) is 24.4 Å². The highest BCUT2D eigenvalue weighted by molar-refractivity contribution is 14.0. The first-order chi connectivity index (χ1) is 11.6. The number of aliphatic imine (C=N–C) groups is 1. The van der Waals surface area contributed by atoms with Crippen LogP contribution in [0.5, 0.6) is 0 Å². The minimum absolute atomic E-state index is 0. The number of pyridine rings is 1. The van der Waals surface area contributed by atoms with E-state index in [9.17, 15) is 5.11 Å². The fourth-order valence-corrected chi connectivity index (χ4v) is 2.04. The quantitative estimate of drug-likeness (QED) is 0.246. The standard InChI is InChI=1S/C18H24N4O2.HI/c1-14(2)12-21-18(20-10-7-16-4-3-11-24-16)22-13-17(23)15-5-8-19-9-6-15;/h3-6,8-9,11,17,23H,1,7,10,12-13H2,2H3,(H2,20,21,22);1H. The van der Waals surface area contributed by atoms with Crippen LogP contribution in [0, 0.1) is 0 Å². The molecular formula is C18H25IN4O2. The average molecular weight is 456 g/mol. The first-order valence-electron chi connectivity index (χ1n) is 7.92. The van der Waals surface area contributed by atoms with Gasteiger partial charge in [0.05, 0.1) is 18.9 Å². The summed E-state index contributed by atoms with van der Waals surface area (Å²) in [5.74, 6) is 1.55. The Morgan fingerprint density at radius 2 is 2.08 bits per heavy atom. The van der Waals surface area contributed by atoms with Crippen LogP contribution < -0.4 is 10.6 Å². The summed E-state index contributed by atoms with van der Waals surface area (Å²) in [7, 11) is 0. The number of halogens is 1. The zero-order valence-electron chi connectivity index (χ0n) is 14.3. The van der Waals surface area contributed by atoms with E-state index in [4.69, 9.17) is 4.42 Å². The van der Waals surface area contributed by atoms with E-state index in [0.29, 0.717) is 19.0 Å². The molecule has 0 radical (unpaired) electrons. The summed E-state index contributed by atoms with van der Waals surface area (Å²) < 4.78 is 5.31. The van der Waals surface area contributed by atoms with Crippen LogP contribution >= 0.6 is 24.0 Å². The number of hydrogen-bond acceptors (Lipinski definition) is 4. The van der Waals surface area contributed by atoms with Crippen LogP contribution in [0.25, 0.3) is 0 Å². The van der Waals surface area contributed by atoms with Crippen molar-refractivity contribution in [3.63, 3.8) is 0 Å². The SMILES string of the molecule is C=C(C)CNC(=NCC(O)c1ccncc1)NCCc1ccco1.I. The summed E-state index contributed by atoms with van der Waals surface area (Å²) in [6, 6.07) is 7.37. The highest BCUT2D eigenvalue weighted by Crippen LogP contribution is 2.10. The molecule has 25 heavy (non-hydrogen) atoms. The molecule has 0 bridgehead atoms. The van der Waals surface area contributed by atoms with E-state index in [1.165, 1.54) is 0 Å². The van der Waals surface area contributed by atoms with E-state index in [-0.39, 0.29) is 30.5 Å². The molecular weight excluding hydrogens is 431 g/mol. The molecule has 0 aliphatic rings. The Morgan fingerprint density at radius 1 is 1.32 bits per heavy atom. The minimum Gasteiger partial charge on any atom is -0.469 e. The Morgan fingerprint density at radius 3 is 2.72 bits per heavy atom. The molecule has 0 spiro atoms. The van der Waals surface area contributed by atoms with E-state index in [0.717, 1.165) is 23.3 Å². The topological polar surface area (TPSA) is 82.7 Å². The molecule has 7 heteroatoms. The first-order valence-corrected chi connectivity index (χ1v) is 7.92. The van der Waals surface area contributed by atoms with Crippen LogP contribution in [-0.4, -0.2) is 35.7 Å². The maximum absolute atomic E-state index is 10.2. The highest BCUT2D eigenvalue weighted by Gasteiger charge is 2.07. The van der Waals surface area contributed by atoms with Crippen LogP contribution in [0.3, 0.4) is 0 Å². The van der Waals surface area contributed by atoms with Gasteiger partial charge in [0, 0.05) is 31.9 Å². The zero-order valence-corrected chi connectivity index (χ0v) is 16.6. The fraction of sp³-hybridized carbons (Fsp3) is 0.333. The van der Waals surface area contributed by atoms with E-state index in [1.807, 2.05) is 19.1 Å². The minimum atomic E-state index is -0.665. The van der Waals surface area contributed by atoms with Crippen LogP contribution in [0.2, 0.25) is 0 Å². The fourth-order valence-electron chi connectivity index (χ4n) is 2.04. The third-order valence-electron chi connectivity index (χ3n) is 3.31. The van der Waals surface area contributed by atoms with Gasteiger partial charge < -0.3 is 20.2 Å². The van der Waals surface area contributed by atoms with Gasteiger partial charge in [-0.25, -0.2) is 0 Å². The molecule has 136 valence electrons. The van der Waals surface area contributed by atoms with E-state index < -0.39 is 6.10 Å². The predicted molar refractivity (Wildman–Crippen MR) is 110 cm³/mol. The Labute approximate surface area is 165 Å². The van der Waals surface area contributed by atoms with Crippen molar-refractivity contribution in [1.82, 2.24) is 15.6 Å². The summed E-state index contributed by atoms with van der Waals surface area (Å²) in [5, 5.41) is 16.6. The van der Waals surface area contributed by atoms with Gasteiger partial charge in [-0.15, -0.1) is 24.0 Å². The number of aromatic nitrogens is 1. The van der Waals surface area contributed by atoms with Gasteiger partial charge in [-0.3, -0.25) is 9.98 Å². The van der Waals surface area contributed by atoms with Gasteiger partial charge in [-0.05, 0) is 36.8 Å². The number of hydrogen-bond donors (Lipinski definition) is 3. The number of nitrogens with zero attached hydrogens (tertiary/aromatic N) is 2. The molecule has 0 saturated carbocycles. The van der Waals surface area contributed by atoms with Crippen molar-refractivity contribution in [3.05, 3.63) is 66.4 Å². The number of rotatable bonds is 8. The summed E-state index contributed by atoms with van der Waals surface area (Å²) in [6.07, 6.45) is 5.07. The second-order valence-corrected chi connectivity index (χ2v) is 5.55. The van der Waals surface area contributed by atoms with Crippen LogP contribution in [-0.2, 0) is 6.42 Å². The zero-order chi connectivity index (χ0) is 17.2. The normalized spacial score (nSPS) is 12.2. The van der Waals surface area contributed by atoms with Gasteiger partial charge in [0.15, 0.2) is 5.96 Å². The highest BCUT2D eigenvalue weighted by atomic mass is 127. The number of guanidine groups is 1. The van der Waals surface area contributed by atoms with Gasteiger partial charge in [0.25, 0.3) is 0 Å². The van der Waals surface area contributed by atoms with Crippen LogP contribution in [0.15, 0.2) is 64.5 Å². The summed E-state index contributed by atoms with van der Waals surface area (Å²) >= 11 is 0. The molecule has 1 atom stereocenters. The molecule has 2 aromatic rings. The van der Waals surface area contributed by atoms with Gasteiger partial charge in [0.1, 0.15) is 5.76 Å². The van der Waals surface area contributed by atoms with E-state index in [1.54, 1.807) is 30.8 Å². The third kappa shape index (κ3) is 8.17. The Kier molecular flexibility index (Phi) is 9.86. The number of nitrogens with one attached hydrogen (secondary N) is 2. The average Bonchev–Trinajstić information content (AvgIpc) is 3.10. The van der Waals surface area contributed by atoms with Crippen molar-refractivity contribution in [3.8, 4) is 0 Å². The largest absolute Gasteiger partial charge is 0.469 e. The van der Waals surface area contributed by atoms with Gasteiger partial charge in [0.2, 0.25) is 0 Å². The summed E-state index contributed by atoms with van der Waals surface area (Å²) in [4.78, 5) is 8.39. The lowest BCUT2D eigenvalue weighted by Crippen LogP contribution is -2.39. The molecule has 0 aromatic carbocycles. The molecule has 2 heterocycles. The summed E-state index contributed by atoms with van der Waals surface area (Å²) in [5.41, 5.74) is 1.80. The van der Waals surface area contributed by atoms with E-state index >= 15 is 0 Å². The maximum atomic E-state index is 10.2. The maximum Gasteiger partial charge on any atom is 0.191 e. The molecule has 0 amide bonds. The van der Waals surface area contributed by atoms with Crippen LogP contribution in [0.4, 0.5) is 0 Å². The van der Waals surface area contributed by atoms with Gasteiger partial charge >= 0.3 is 0 Å². The van der Waals surface area contributed by atoms with E-state index in [2.05, 4.69) is 27.2 Å². The number of aliphatic hydroxyl groups excluding tert-OH is 1.